The standard InChI is InChI=1S/C20H18FN7O5/c1-8-5-28-13-10(3-11-14(12(13)21)33-26-16(11)27-6-22-23-7-27)4-20(15(28)9(2)32-8)17(29)24-19(31)25-18(20)30/h3,6-9,15H,4-5H2,1-2H3,(H2,24,25,29,30,31)/t8-,9+,15-/m1/s1. The van der Waals surface area contributed by atoms with Crippen LogP contribution in [0.3, 0.4) is 0 Å². The fraction of sp³-hybridized carbons (Fsp3) is 0.400. The number of aromatic nitrogens is 4. The highest BCUT2D eigenvalue weighted by Gasteiger charge is 2.63. The summed E-state index contributed by atoms with van der Waals surface area (Å²) in [7, 11) is 0. The molecule has 33 heavy (non-hydrogen) atoms. The Morgan fingerprint density at radius 1 is 1.15 bits per heavy atom. The molecule has 2 N–H and O–H groups in total. The van der Waals surface area contributed by atoms with Crippen molar-refractivity contribution in [3.8, 4) is 5.82 Å². The van der Waals surface area contributed by atoms with Gasteiger partial charge in [0.2, 0.25) is 17.4 Å². The normalized spacial score (nSPS) is 26.2. The van der Waals surface area contributed by atoms with Crippen molar-refractivity contribution in [1.82, 2.24) is 30.6 Å². The minimum absolute atomic E-state index is 0.0633. The largest absolute Gasteiger partial charge is 0.372 e. The Bertz CT molecular complexity index is 1320. The number of halogens is 1. The zero-order valence-electron chi connectivity index (χ0n) is 17.5. The van der Waals surface area contributed by atoms with Crippen molar-refractivity contribution in [2.45, 2.75) is 38.5 Å². The number of carbonyl (C=O) groups excluding carboxylic acids is 3. The number of rotatable bonds is 1. The summed E-state index contributed by atoms with van der Waals surface area (Å²) in [5.74, 6) is -1.87. The topological polar surface area (TPSA) is 144 Å². The number of carbonyl (C=O) groups is 3. The van der Waals surface area contributed by atoms with Gasteiger partial charge in [-0.2, -0.15) is 0 Å². The van der Waals surface area contributed by atoms with E-state index in [1.165, 1.54) is 17.2 Å². The van der Waals surface area contributed by atoms with Gasteiger partial charge >= 0.3 is 6.03 Å². The van der Waals surface area contributed by atoms with Gasteiger partial charge in [-0.1, -0.05) is 5.16 Å². The third-order valence-electron chi connectivity index (χ3n) is 6.61. The van der Waals surface area contributed by atoms with Crippen LogP contribution in [0.2, 0.25) is 0 Å². The number of nitrogens with zero attached hydrogens (tertiary/aromatic N) is 5. The number of hydrogen-bond acceptors (Lipinski definition) is 9. The van der Waals surface area contributed by atoms with Crippen molar-refractivity contribution in [2.75, 3.05) is 11.4 Å². The van der Waals surface area contributed by atoms with E-state index in [9.17, 15) is 14.4 Å². The van der Waals surface area contributed by atoms with Crippen LogP contribution in [0.4, 0.5) is 14.9 Å². The van der Waals surface area contributed by atoms with Crippen LogP contribution < -0.4 is 15.5 Å². The van der Waals surface area contributed by atoms with E-state index in [1.807, 2.05) is 6.92 Å². The van der Waals surface area contributed by atoms with E-state index in [4.69, 9.17) is 9.26 Å². The van der Waals surface area contributed by atoms with E-state index in [1.54, 1.807) is 17.9 Å². The number of anilines is 1. The molecule has 12 nitrogen and oxygen atoms in total. The lowest BCUT2D eigenvalue weighted by Crippen LogP contribution is -2.75. The highest BCUT2D eigenvalue weighted by Crippen LogP contribution is 2.49. The number of barbiturate groups is 1. The summed E-state index contributed by atoms with van der Waals surface area (Å²) in [6, 6.07) is -0.0814. The summed E-state index contributed by atoms with van der Waals surface area (Å²) in [5, 5.41) is 16.2. The Labute approximate surface area is 185 Å². The van der Waals surface area contributed by atoms with Crippen LogP contribution in [0.5, 0.6) is 0 Å². The highest BCUT2D eigenvalue weighted by molar-refractivity contribution is 6.20. The Balaban J connectivity index is 1.61. The van der Waals surface area contributed by atoms with Crippen LogP contribution in [0.1, 0.15) is 19.4 Å². The molecule has 3 aliphatic heterocycles. The number of ether oxygens (including phenoxy) is 1. The minimum atomic E-state index is -1.70. The number of urea groups is 1. The average molecular weight is 455 g/mol. The monoisotopic (exact) mass is 455 g/mol. The Morgan fingerprint density at radius 3 is 2.55 bits per heavy atom. The van der Waals surface area contributed by atoms with Crippen LogP contribution in [0, 0.1) is 11.2 Å². The zero-order valence-corrected chi connectivity index (χ0v) is 17.5. The predicted octanol–water partition coefficient (Wildman–Crippen LogP) is 0.438. The fourth-order valence-corrected chi connectivity index (χ4v) is 5.43. The second-order valence-electron chi connectivity index (χ2n) is 8.58. The van der Waals surface area contributed by atoms with Crippen LogP contribution in [-0.4, -0.2) is 62.6 Å². The van der Waals surface area contributed by atoms with Crippen molar-refractivity contribution < 1.29 is 28.0 Å². The van der Waals surface area contributed by atoms with E-state index in [2.05, 4.69) is 26.0 Å². The number of imide groups is 2. The van der Waals surface area contributed by atoms with Crippen molar-refractivity contribution in [3.63, 3.8) is 0 Å². The molecule has 1 aromatic carbocycles. The Hall–Kier alpha value is -3.87. The van der Waals surface area contributed by atoms with Gasteiger partial charge in [-0.05, 0) is 25.5 Å². The zero-order chi connectivity index (χ0) is 23.1. The molecule has 2 aromatic heterocycles. The first kappa shape index (κ1) is 19.8. The molecule has 0 bridgehead atoms. The van der Waals surface area contributed by atoms with Gasteiger partial charge in [-0.25, -0.2) is 9.18 Å². The Morgan fingerprint density at radius 2 is 1.85 bits per heavy atom. The average Bonchev–Trinajstić information content (AvgIpc) is 3.41. The minimum Gasteiger partial charge on any atom is -0.372 e. The predicted molar refractivity (Wildman–Crippen MR) is 108 cm³/mol. The van der Waals surface area contributed by atoms with Crippen molar-refractivity contribution >= 4 is 34.5 Å². The first-order valence-corrected chi connectivity index (χ1v) is 10.4. The summed E-state index contributed by atoms with van der Waals surface area (Å²) < 4.78 is 28.7. The summed E-state index contributed by atoms with van der Waals surface area (Å²) >= 11 is 0. The van der Waals surface area contributed by atoms with E-state index in [0.717, 1.165) is 0 Å². The van der Waals surface area contributed by atoms with Gasteiger partial charge in [0.15, 0.2) is 17.1 Å². The summed E-state index contributed by atoms with van der Waals surface area (Å²) in [6.45, 7) is 3.78. The van der Waals surface area contributed by atoms with E-state index in [0.29, 0.717) is 10.9 Å². The van der Waals surface area contributed by atoms with Crippen LogP contribution in [0.15, 0.2) is 23.2 Å². The molecule has 5 heterocycles. The summed E-state index contributed by atoms with van der Waals surface area (Å²) in [5.41, 5.74) is -1.13. The van der Waals surface area contributed by atoms with Gasteiger partial charge in [0.1, 0.15) is 12.7 Å². The maximum absolute atomic E-state index is 15.9. The van der Waals surface area contributed by atoms with Crippen molar-refractivity contribution in [2.24, 2.45) is 5.41 Å². The molecular weight excluding hydrogens is 437 g/mol. The van der Waals surface area contributed by atoms with E-state index < -0.39 is 41.2 Å². The molecule has 1 spiro atoms. The SMILES string of the molecule is C[C@@H]1CN2c3c(cc4c(-n5cnnc5)noc4c3F)CC3(C(=O)NC(=O)NC3=O)[C@H]2[C@H](C)O1. The molecule has 0 unspecified atom stereocenters. The lowest BCUT2D eigenvalue weighted by Gasteiger charge is -2.55. The second-order valence-corrected chi connectivity index (χ2v) is 8.58. The summed E-state index contributed by atoms with van der Waals surface area (Å²) in [4.78, 5) is 39.9. The Kier molecular flexibility index (Phi) is 3.94. The third-order valence-corrected chi connectivity index (χ3v) is 6.61. The molecule has 4 amide bonds. The molecular formula is C20H18FN7O5. The first-order valence-electron chi connectivity index (χ1n) is 10.4. The van der Waals surface area contributed by atoms with Gasteiger partial charge in [-0.3, -0.25) is 24.8 Å². The van der Waals surface area contributed by atoms with Crippen LogP contribution in [-0.2, 0) is 20.7 Å². The number of hydrogen-bond donors (Lipinski definition) is 2. The number of benzene rings is 1. The van der Waals surface area contributed by atoms with Gasteiger partial charge < -0.3 is 14.2 Å². The number of nitrogens with one attached hydrogen (secondary N) is 2. The van der Waals surface area contributed by atoms with Gasteiger partial charge in [-0.15, -0.1) is 10.2 Å². The molecule has 3 atom stereocenters. The molecule has 2 saturated heterocycles. The maximum Gasteiger partial charge on any atom is 0.328 e. The van der Waals surface area contributed by atoms with Crippen LogP contribution in [0.25, 0.3) is 16.8 Å². The summed E-state index contributed by atoms with van der Waals surface area (Å²) in [6.07, 6.45) is 1.74. The van der Waals surface area contributed by atoms with Gasteiger partial charge in [0.05, 0.1) is 29.3 Å². The maximum atomic E-state index is 15.9. The second kappa shape index (κ2) is 6.57. The molecule has 0 aliphatic carbocycles. The molecule has 2 fully saturated rings. The fourth-order valence-electron chi connectivity index (χ4n) is 5.43. The number of fused-ring (bicyclic) bond motifs is 5. The van der Waals surface area contributed by atoms with Crippen LogP contribution >= 0.6 is 0 Å². The quantitative estimate of drug-likeness (QED) is 0.499. The van der Waals surface area contributed by atoms with Crippen molar-refractivity contribution in [1.29, 1.82) is 0 Å². The molecule has 0 radical (unpaired) electrons. The number of amides is 4. The van der Waals surface area contributed by atoms with E-state index >= 15 is 4.39 Å². The molecule has 13 heteroatoms. The highest BCUT2D eigenvalue weighted by atomic mass is 19.1. The number of morpholine rings is 1. The molecule has 0 saturated carbocycles. The smallest absolute Gasteiger partial charge is 0.328 e. The van der Waals surface area contributed by atoms with Gasteiger partial charge in [0, 0.05) is 13.0 Å². The lowest BCUT2D eigenvalue weighted by molar-refractivity contribution is -0.153. The molecule has 6 rings (SSSR count). The van der Waals surface area contributed by atoms with Gasteiger partial charge in [0.25, 0.3) is 0 Å². The first-order chi connectivity index (χ1) is 15.8. The van der Waals surface area contributed by atoms with Crippen molar-refractivity contribution in [3.05, 3.63) is 30.1 Å². The molecule has 3 aromatic rings. The lowest BCUT2D eigenvalue weighted by atomic mass is 9.66. The third kappa shape index (κ3) is 2.53. The van der Waals surface area contributed by atoms with E-state index in [-0.39, 0.29) is 36.2 Å². The molecule has 170 valence electrons. The molecule has 3 aliphatic rings.